The number of hydrogen-bond acceptors (Lipinski definition) is 6. The topological polar surface area (TPSA) is 73.1 Å². The van der Waals surface area contributed by atoms with E-state index in [9.17, 15) is 5.11 Å². The summed E-state index contributed by atoms with van der Waals surface area (Å²) in [5.74, 6) is 0.458. The number of rotatable bonds is 8. The predicted molar refractivity (Wildman–Crippen MR) is 101 cm³/mol. The maximum Gasteiger partial charge on any atom is 0.214 e. The van der Waals surface area contributed by atoms with Crippen molar-refractivity contribution < 1.29 is 9.84 Å². The Kier molecular flexibility index (Phi) is 6.38. The lowest BCUT2D eigenvalue weighted by Gasteiger charge is -2.12. The van der Waals surface area contributed by atoms with E-state index in [2.05, 4.69) is 28.5 Å². The lowest BCUT2D eigenvalue weighted by Crippen LogP contribution is -2.18. The molecule has 1 unspecified atom stereocenters. The molecule has 0 fully saturated rings. The van der Waals surface area contributed by atoms with Crippen molar-refractivity contribution in [2.75, 3.05) is 12.4 Å². The second-order valence-corrected chi connectivity index (χ2v) is 7.12. The Labute approximate surface area is 157 Å². The zero-order chi connectivity index (χ0) is 18.4. The molecule has 0 saturated heterocycles. The molecule has 1 N–H and O–H groups in total. The van der Waals surface area contributed by atoms with Gasteiger partial charge in [0.05, 0.1) is 25.0 Å². The number of tetrazole rings is 1. The number of thioether (sulfide) groups is 1. The van der Waals surface area contributed by atoms with Gasteiger partial charge in [-0.1, -0.05) is 59.8 Å². The molecule has 6 nitrogen and oxygen atoms in total. The summed E-state index contributed by atoms with van der Waals surface area (Å²) in [7, 11) is 0. The molecule has 0 radical (unpaired) electrons. The highest BCUT2D eigenvalue weighted by Gasteiger charge is 2.14. The van der Waals surface area contributed by atoms with Crippen molar-refractivity contribution in [3.8, 4) is 5.69 Å². The van der Waals surface area contributed by atoms with E-state index >= 15 is 0 Å². The first-order valence-electron chi connectivity index (χ1n) is 8.42. The molecule has 7 heteroatoms. The van der Waals surface area contributed by atoms with Crippen molar-refractivity contribution in [2.24, 2.45) is 0 Å². The standard InChI is InChI=1S/C19H22N4O2S/c1-14-8-9-18(15(2)10-14)23-19(20-21-22-23)26-13-17(24)12-25-11-16-6-4-3-5-7-16/h3-10,17,24H,11-13H2,1-2H3. The molecule has 1 atom stereocenters. The van der Waals surface area contributed by atoms with E-state index in [1.54, 1.807) is 4.68 Å². The largest absolute Gasteiger partial charge is 0.390 e. The number of benzene rings is 2. The zero-order valence-corrected chi connectivity index (χ0v) is 15.7. The van der Waals surface area contributed by atoms with Crippen LogP contribution in [0.5, 0.6) is 0 Å². The maximum atomic E-state index is 10.2. The van der Waals surface area contributed by atoms with Crippen LogP contribution in [0.25, 0.3) is 5.69 Å². The van der Waals surface area contributed by atoms with Gasteiger partial charge in [-0.3, -0.25) is 0 Å². The lowest BCUT2D eigenvalue weighted by atomic mass is 10.1. The number of hydrogen-bond donors (Lipinski definition) is 1. The van der Waals surface area contributed by atoms with Gasteiger partial charge in [-0.2, -0.15) is 4.68 Å². The fourth-order valence-electron chi connectivity index (χ4n) is 2.57. The maximum absolute atomic E-state index is 10.2. The van der Waals surface area contributed by atoms with Gasteiger partial charge in [-0.25, -0.2) is 0 Å². The van der Waals surface area contributed by atoms with Gasteiger partial charge in [0.2, 0.25) is 5.16 Å². The second kappa shape index (κ2) is 8.93. The number of nitrogens with zero attached hydrogens (tertiary/aromatic N) is 4. The van der Waals surface area contributed by atoms with Crippen LogP contribution < -0.4 is 0 Å². The van der Waals surface area contributed by atoms with Crippen LogP contribution in [0, 0.1) is 13.8 Å². The fraction of sp³-hybridized carbons (Fsp3) is 0.316. The minimum absolute atomic E-state index is 0.271. The van der Waals surface area contributed by atoms with Gasteiger partial charge >= 0.3 is 0 Å². The Morgan fingerprint density at radius 2 is 1.96 bits per heavy atom. The number of aliphatic hydroxyl groups is 1. The first-order chi connectivity index (χ1) is 12.6. The SMILES string of the molecule is Cc1ccc(-n2nnnc2SCC(O)COCc2ccccc2)c(C)c1. The van der Waals surface area contributed by atoms with Gasteiger partial charge in [0.25, 0.3) is 0 Å². The quantitative estimate of drug-likeness (QED) is 0.615. The Hall–Kier alpha value is -2.22. The van der Waals surface area contributed by atoms with E-state index in [1.165, 1.54) is 17.3 Å². The average Bonchev–Trinajstić information content (AvgIpc) is 3.09. The van der Waals surface area contributed by atoms with Crippen molar-refractivity contribution >= 4 is 11.8 Å². The van der Waals surface area contributed by atoms with Crippen LogP contribution in [0.3, 0.4) is 0 Å². The molecule has 0 aliphatic carbocycles. The highest BCUT2D eigenvalue weighted by molar-refractivity contribution is 7.99. The first-order valence-corrected chi connectivity index (χ1v) is 9.40. The highest BCUT2D eigenvalue weighted by Crippen LogP contribution is 2.22. The van der Waals surface area contributed by atoms with Crippen LogP contribution >= 0.6 is 11.8 Å². The molecular formula is C19H22N4O2S. The van der Waals surface area contributed by atoms with Gasteiger partial charge in [-0.15, -0.1) is 5.10 Å². The number of aryl methyl sites for hydroxylation is 2. The summed E-state index contributed by atoms with van der Waals surface area (Å²) < 4.78 is 7.28. The normalized spacial score (nSPS) is 12.3. The molecule has 26 heavy (non-hydrogen) atoms. The first kappa shape index (κ1) is 18.6. The molecule has 0 bridgehead atoms. The van der Waals surface area contributed by atoms with E-state index in [1.807, 2.05) is 49.4 Å². The van der Waals surface area contributed by atoms with Crippen LogP contribution in [-0.4, -0.2) is 43.8 Å². The smallest absolute Gasteiger partial charge is 0.214 e. The summed E-state index contributed by atoms with van der Waals surface area (Å²) >= 11 is 1.41. The molecule has 3 rings (SSSR count). The third kappa shape index (κ3) is 4.91. The molecule has 136 valence electrons. The van der Waals surface area contributed by atoms with Gasteiger partial charge < -0.3 is 9.84 Å². The summed E-state index contributed by atoms with van der Waals surface area (Å²) in [5.41, 5.74) is 4.33. The van der Waals surface area contributed by atoms with Crippen molar-refractivity contribution in [3.05, 3.63) is 65.2 Å². The molecule has 2 aromatic carbocycles. The summed E-state index contributed by atoms with van der Waals surface area (Å²) in [6.07, 6.45) is -0.590. The van der Waals surface area contributed by atoms with E-state index in [4.69, 9.17) is 4.74 Å². The molecular weight excluding hydrogens is 348 g/mol. The van der Waals surface area contributed by atoms with E-state index in [-0.39, 0.29) is 6.61 Å². The van der Waals surface area contributed by atoms with Crippen LogP contribution in [-0.2, 0) is 11.3 Å². The molecule has 1 aromatic heterocycles. The van der Waals surface area contributed by atoms with Crippen molar-refractivity contribution in [2.45, 2.75) is 31.7 Å². The molecule has 0 spiro atoms. The number of ether oxygens (including phenoxy) is 1. The van der Waals surface area contributed by atoms with Gasteiger partial charge in [0.1, 0.15) is 0 Å². The summed E-state index contributed by atoms with van der Waals surface area (Å²) in [5, 5.41) is 22.7. The minimum Gasteiger partial charge on any atom is -0.390 e. The van der Waals surface area contributed by atoms with Crippen molar-refractivity contribution in [1.29, 1.82) is 0 Å². The molecule has 3 aromatic rings. The highest BCUT2D eigenvalue weighted by atomic mass is 32.2. The van der Waals surface area contributed by atoms with E-state index in [0.717, 1.165) is 16.8 Å². The second-order valence-electron chi connectivity index (χ2n) is 6.13. The third-order valence-electron chi connectivity index (χ3n) is 3.85. The van der Waals surface area contributed by atoms with E-state index < -0.39 is 6.10 Å². The Balaban J connectivity index is 1.53. The van der Waals surface area contributed by atoms with E-state index in [0.29, 0.717) is 17.5 Å². The van der Waals surface area contributed by atoms with Crippen LogP contribution in [0.15, 0.2) is 53.7 Å². The number of aromatic nitrogens is 4. The van der Waals surface area contributed by atoms with Crippen molar-refractivity contribution in [1.82, 2.24) is 20.2 Å². The van der Waals surface area contributed by atoms with Crippen molar-refractivity contribution in [3.63, 3.8) is 0 Å². The predicted octanol–water partition coefficient (Wildman–Crippen LogP) is 2.95. The Morgan fingerprint density at radius 3 is 2.73 bits per heavy atom. The Bertz CT molecular complexity index is 839. The van der Waals surface area contributed by atoms with Crippen LogP contribution in [0.4, 0.5) is 0 Å². The molecule has 0 aliphatic heterocycles. The molecule has 0 saturated carbocycles. The lowest BCUT2D eigenvalue weighted by molar-refractivity contribution is 0.0398. The molecule has 1 heterocycles. The fourth-order valence-corrected chi connectivity index (χ4v) is 3.36. The average molecular weight is 370 g/mol. The summed E-state index contributed by atoms with van der Waals surface area (Å²) in [6, 6.07) is 16.0. The van der Waals surface area contributed by atoms with Crippen LogP contribution in [0.2, 0.25) is 0 Å². The summed E-state index contributed by atoms with van der Waals surface area (Å²) in [4.78, 5) is 0. The van der Waals surface area contributed by atoms with Gasteiger partial charge in [0, 0.05) is 5.75 Å². The molecule has 0 amide bonds. The summed E-state index contributed by atoms with van der Waals surface area (Å²) in [6.45, 7) is 4.85. The third-order valence-corrected chi connectivity index (χ3v) is 4.91. The van der Waals surface area contributed by atoms with Gasteiger partial charge in [0.15, 0.2) is 0 Å². The van der Waals surface area contributed by atoms with Crippen LogP contribution in [0.1, 0.15) is 16.7 Å². The monoisotopic (exact) mass is 370 g/mol. The van der Waals surface area contributed by atoms with Gasteiger partial charge in [-0.05, 0) is 41.5 Å². The minimum atomic E-state index is -0.590. The number of aliphatic hydroxyl groups excluding tert-OH is 1. The molecule has 0 aliphatic rings. The Morgan fingerprint density at radius 1 is 1.15 bits per heavy atom. The zero-order valence-electron chi connectivity index (χ0n) is 14.9.